The number of ketones is 1. The van der Waals surface area contributed by atoms with Gasteiger partial charge in [-0.05, 0) is 18.2 Å². The molecule has 9 nitrogen and oxygen atoms in total. The zero-order valence-corrected chi connectivity index (χ0v) is 13.4. The van der Waals surface area contributed by atoms with E-state index in [1.54, 1.807) is 24.3 Å². The zero-order valence-electron chi connectivity index (χ0n) is 13.4. The minimum absolute atomic E-state index is 0.0634. The third kappa shape index (κ3) is 3.66. The molecule has 0 amide bonds. The average Bonchev–Trinajstić information content (AvgIpc) is 2.95. The van der Waals surface area contributed by atoms with Crippen molar-refractivity contribution >= 4 is 28.5 Å². The fraction of sp³-hybridized carbons (Fsp3) is 0.118. The van der Waals surface area contributed by atoms with Gasteiger partial charge in [0.05, 0.1) is 15.9 Å². The predicted octanol–water partition coefficient (Wildman–Crippen LogP) is 2.90. The van der Waals surface area contributed by atoms with Crippen molar-refractivity contribution in [2.45, 2.75) is 12.1 Å². The monoisotopic (exact) mass is 354 g/mol. The van der Waals surface area contributed by atoms with E-state index in [2.05, 4.69) is 10.6 Å². The van der Waals surface area contributed by atoms with E-state index in [4.69, 9.17) is 0 Å². The van der Waals surface area contributed by atoms with Gasteiger partial charge in [0, 0.05) is 35.6 Å². The number of hydrogen-bond acceptors (Lipinski definition) is 7. The van der Waals surface area contributed by atoms with Crippen molar-refractivity contribution in [1.29, 1.82) is 0 Å². The van der Waals surface area contributed by atoms with Gasteiger partial charge in [-0.1, -0.05) is 18.2 Å². The molecule has 0 saturated carbocycles. The van der Waals surface area contributed by atoms with Crippen LogP contribution in [0.3, 0.4) is 0 Å². The largest absolute Gasteiger partial charge is 0.376 e. The fourth-order valence-corrected chi connectivity index (χ4v) is 2.67. The maximum absolute atomic E-state index is 12.1. The highest BCUT2D eigenvalue weighted by Gasteiger charge is 2.30. The third-order valence-electron chi connectivity index (χ3n) is 3.90. The van der Waals surface area contributed by atoms with Crippen LogP contribution in [-0.2, 0) is 4.79 Å². The summed E-state index contributed by atoms with van der Waals surface area (Å²) in [5, 5.41) is 27.8. The summed E-state index contributed by atoms with van der Waals surface area (Å²) in [6.07, 6.45) is 3.06. The van der Waals surface area contributed by atoms with Gasteiger partial charge in [-0.2, -0.15) is 0 Å². The number of anilines is 2. The first-order valence-electron chi connectivity index (χ1n) is 7.68. The number of nitrogens with one attached hydrogen (secondary N) is 2. The van der Waals surface area contributed by atoms with Crippen molar-refractivity contribution in [3.8, 4) is 0 Å². The number of nitro groups is 2. The Hall–Kier alpha value is -3.75. The number of nitrogens with zero attached hydrogens (tertiary/aromatic N) is 2. The molecule has 132 valence electrons. The molecule has 0 spiro atoms. The van der Waals surface area contributed by atoms with Gasteiger partial charge in [0.1, 0.15) is 6.04 Å². The van der Waals surface area contributed by atoms with Crippen molar-refractivity contribution < 1.29 is 14.6 Å². The fourth-order valence-electron chi connectivity index (χ4n) is 2.67. The van der Waals surface area contributed by atoms with E-state index < -0.39 is 21.9 Å². The molecular formula is C17H14N4O5. The second-order valence-electron chi connectivity index (χ2n) is 5.67. The molecule has 0 bridgehead atoms. The van der Waals surface area contributed by atoms with Crippen LogP contribution in [0, 0.1) is 20.2 Å². The molecule has 0 fully saturated rings. The highest BCUT2D eigenvalue weighted by Crippen LogP contribution is 2.24. The molecule has 26 heavy (non-hydrogen) atoms. The van der Waals surface area contributed by atoms with Crippen molar-refractivity contribution in [2.75, 3.05) is 10.6 Å². The van der Waals surface area contributed by atoms with Gasteiger partial charge < -0.3 is 10.6 Å². The molecule has 2 aromatic carbocycles. The van der Waals surface area contributed by atoms with Crippen LogP contribution in [0.15, 0.2) is 60.7 Å². The molecule has 1 aliphatic rings. The first kappa shape index (κ1) is 17.1. The van der Waals surface area contributed by atoms with Gasteiger partial charge in [-0.15, -0.1) is 0 Å². The molecule has 0 aromatic heterocycles. The Morgan fingerprint density at radius 1 is 0.846 bits per heavy atom. The standard InChI is InChI=1S/C17H14N4O5/c22-16-8-7-15(18-11-3-1-5-13(9-11)20(23)24)17(16)19-12-4-2-6-14(10-12)21(25)26/h1-10,15,17-19H. The Morgan fingerprint density at radius 2 is 1.38 bits per heavy atom. The average molecular weight is 354 g/mol. The molecule has 2 atom stereocenters. The van der Waals surface area contributed by atoms with Crippen molar-refractivity contribution in [1.82, 2.24) is 0 Å². The number of non-ortho nitro benzene ring substituents is 2. The van der Waals surface area contributed by atoms with Crippen LogP contribution >= 0.6 is 0 Å². The van der Waals surface area contributed by atoms with Gasteiger partial charge in [-0.25, -0.2) is 0 Å². The van der Waals surface area contributed by atoms with Crippen LogP contribution in [0.1, 0.15) is 0 Å². The second kappa shape index (κ2) is 7.01. The van der Waals surface area contributed by atoms with Crippen LogP contribution in [0.4, 0.5) is 22.7 Å². The number of benzene rings is 2. The Morgan fingerprint density at radius 3 is 1.92 bits per heavy atom. The summed E-state index contributed by atoms with van der Waals surface area (Å²) in [6.45, 7) is 0. The van der Waals surface area contributed by atoms with E-state index in [0.29, 0.717) is 11.4 Å². The van der Waals surface area contributed by atoms with Crippen LogP contribution in [0.25, 0.3) is 0 Å². The lowest BCUT2D eigenvalue weighted by Crippen LogP contribution is -2.39. The highest BCUT2D eigenvalue weighted by molar-refractivity contribution is 6.00. The summed E-state index contributed by atoms with van der Waals surface area (Å²) in [4.78, 5) is 32.9. The SMILES string of the molecule is O=C1C=CC(Nc2cccc([N+](=O)[O-])c2)C1Nc1cccc([N+](=O)[O-])c1. The van der Waals surface area contributed by atoms with Crippen molar-refractivity contribution in [2.24, 2.45) is 0 Å². The second-order valence-corrected chi connectivity index (χ2v) is 5.67. The van der Waals surface area contributed by atoms with Gasteiger partial charge in [0.25, 0.3) is 11.4 Å². The molecular weight excluding hydrogens is 340 g/mol. The van der Waals surface area contributed by atoms with Gasteiger partial charge in [0.2, 0.25) is 0 Å². The molecule has 1 aliphatic carbocycles. The molecule has 2 unspecified atom stereocenters. The summed E-state index contributed by atoms with van der Waals surface area (Å²) in [7, 11) is 0. The third-order valence-corrected chi connectivity index (χ3v) is 3.90. The molecule has 2 N–H and O–H groups in total. The van der Waals surface area contributed by atoms with Crippen LogP contribution in [0.5, 0.6) is 0 Å². The minimum Gasteiger partial charge on any atom is -0.376 e. The molecule has 0 radical (unpaired) electrons. The smallest absolute Gasteiger partial charge is 0.271 e. The van der Waals surface area contributed by atoms with Crippen LogP contribution in [-0.4, -0.2) is 27.7 Å². The van der Waals surface area contributed by atoms with Gasteiger partial charge in [0.15, 0.2) is 5.78 Å². The summed E-state index contributed by atoms with van der Waals surface area (Å²) >= 11 is 0. The summed E-state index contributed by atoms with van der Waals surface area (Å²) in [6, 6.07) is 10.7. The predicted molar refractivity (Wildman–Crippen MR) is 95.2 cm³/mol. The number of nitro benzene ring substituents is 2. The first-order chi connectivity index (χ1) is 12.4. The van der Waals surface area contributed by atoms with Gasteiger partial charge >= 0.3 is 0 Å². The molecule has 0 aliphatic heterocycles. The maximum Gasteiger partial charge on any atom is 0.271 e. The van der Waals surface area contributed by atoms with Crippen molar-refractivity contribution in [3.63, 3.8) is 0 Å². The Labute approximate surface area is 147 Å². The molecule has 0 saturated heterocycles. The number of carbonyl (C=O) groups is 1. The molecule has 3 rings (SSSR count). The summed E-state index contributed by atoms with van der Waals surface area (Å²) in [5.74, 6) is -0.195. The van der Waals surface area contributed by atoms with E-state index in [1.807, 2.05) is 0 Å². The van der Waals surface area contributed by atoms with E-state index in [-0.39, 0.29) is 17.2 Å². The lowest BCUT2D eigenvalue weighted by molar-refractivity contribution is -0.385. The van der Waals surface area contributed by atoms with E-state index in [1.165, 1.54) is 36.4 Å². The summed E-state index contributed by atoms with van der Waals surface area (Å²) < 4.78 is 0. The van der Waals surface area contributed by atoms with Crippen LogP contribution in [0.2, 0.25) is 0 Å². The lowest BCUT2D eigenvalue weighted by Gasteiger charge is -2.22. The topological polar surface area (TPSA) is 127 Å². The number of rotatable bonds is 6. The van der Waals surface area contributed by atoms with Gasteiger partial charge in [-0.3, -0.25) is 25.0 Å². The van der Waals surface area contributed by atoms with E-state index in [0.717, 1.165) is 0 Å². The normalized spacial score (nSPS) is 18.5. The zero-order chi connectivity index (χ0) is 18.7. The Kier molecular flexibility index (Phi) is 4.61. The Balaban J connectivity index is 1.77. The molecule has 0 heterocycles. The minimum atomic E-state index is -0.684. The first-order valence-corrected chi connectivity index (χ1v) is 7.68. The quantitative estimate of drug-likeness (QED) is 0.603. The number of carbonyl (C=O) groups excluding carboxylic acids is 1. The molecule has 9 heteroatoms. The molecule has 2 aromatic rings. The number of hydrogen-bond donors (Lipinski definition) is 2. The lowest BCUT2D eigenvalue weighted by atomic mass is 10.1. The Bertz CT molecular complexity index is 912. The highest BCUT2D eigenvalue weighted by atomic mass is 16.6. The van der Waals surface area contributed by atoms with E-state index in [9.17, 15) is 25.0 Å². The van der Waals surface area contributed by atoms with Crippen molar-refractivity contribution in [3.05, 3.63) is 80.9 Å². The summed E-state index contributed by atoms with van der Waals surface area (Å²) in [5.41, 5.74) is 0.782. The van der Waals surface area contributed by atoms with Crippen LogP contribution < -0.4 is 10.6 Å². The maximum atomic E-state index is 12.1. The van der Waals surface area contributed by atoms with E-state index >= 15 is 0 Å².